The molecule has 6 nitrogen and oxygen atoms in total. The zero-order valence-corrected chi connectivity index (χ0v) is 16.2. The van der Waals surface area contributed by atoms with Crippen molar-refractivity contribution in [2.75, 3.05) is 19.0 Å². The van der Waals surface area contributed by atoms with E-state index in [4.69, 9.17) is 9.47 Å². The largest absolute Gasteiger partial charge is 0.493 e. The number of fused-ring (bicyclic) bond motifs is 1. The molecule has 0 aromatic heterocycles. The van der Waals surface area contributed by atoms with E-state index >= 15 is 0 Å². The summed E-state index contributed by atoms with van der Waals surface area (Å²) >= 11 is 0. The molecule has 0 spiro atoms. The first-order chi connectivity index (χ1) is 13.5. The van der Waals surface area contributed by atoms with Crippen LogP contribution in [0.5, 0.6) is 11.5 Å². The number of hydrogen-bond acceptors (Lipinski definition) is 4. The molecular weight excluding hydrogens is 356 g/mol. The lowest BCUT2D eigenvalue weighted by Crippen LogP contribution is -2.17. The van der Waals surface area contributed by atoms with E-state index in [0.717, 1.165) is 29.0 Å². The van der Waals surface area contributed by atoms with E-state index in [-0.39, 0.29) is 17.9 Å². The van der Waals surface area contributed by atoms with Crippen molar-refractivity contribution in [2.45, 2.75) is 26.4 Å². The van der Waals surface area contributed by atoms with Gasteiger partial charge in [0.25, 0.3) is 5.91 Å². The summed E-state index contributed by atoms with van der Waals surface area (Å²) in [7, 11) is 1.57. The molecule has 0 bridgehead atoms. The van der Waals surface area contributed by atoms with Crippen LogP contribution in [-0.4, -0.2) is 31.6 Å². The first kappa shape index (κ1) is 19.5. The Morgan fingerprint density at radius 2 is 2.00 bits per heavy atom. The minimum Gasteiger partial charge on any atom is -0.493 e. The van der Waals surface area contributed by atoms with E-state index in [1.165, 1.54) is 6.08 Å². The molecule has 6 heteroatoms. The van der Waals surface area contributed by atoms with Crippen molar-refractivity contribution in [1.82, 2.24) is 5.32 Å². The van der Waals surface area contributed by atoms with Crippen molar-refractivity contribution in [2.24, 2.45) is 0 Å². The second-order valence-corrected chi connectivity index (χ2v) is 6.54. The van der Waals surface area contributed by atoms with Crippen LogP contribution in [0.15, 0.2) is 42.5 Å². The van der Waals surface area contributed by atoms with Gasteiger partial charge in [-0.25, -0.2) is 0 Å². The molecule has 0 saturated heterocycles. The average Bonchev–Trinajstić information content (AvgIpc) is 3.05. The van der Waals surface area contributed by atoms with E-state index in [9.17, 15) is 9.59 Å². The third kappa shape index (κ3) is 4.52. The number of carbonyl (C=O) groups is 2. The normalized spacial score (nSPS) is 15.0. The first-order valence-electron chi connectivity index (χ1n) is 9.27. The van der Waals surface area contributed by atoms with Crippen molar-refractivity contribution in [3.63, 3.8) is 0 Å². The lowest BCUT2D eigenvalue weighted by atomic mass is 10.1. The Hall–Kier alpha value is -3.28. The molecule has 0 radical (unpaired) electrons. The van der Waals surface area contributed by atoms with Gasteiger partial charge in [0.15, 0.2) is 0 Å². The molecule has 1 atom stereocenters. The number of hydrogen-bond donors (Lipinski definition) is 2. The van der Waals surface area contributed by atoms with Crippen LogP contribution >= 0.6 is 0 Å². The zero-order chi connectivity index (χ0) is 20.1. The molecular formula is C22H24N2O4. The number of anilines is 1. The van der Waals surface area contributed by atoms with Crippen LogP contribution in [0.2, 0.25) is 0 Å². The highest BCUT2D eigenvalue weighted by molar-refractivity contribution is 6.02. The maximum atomic E-state index is 12.3. The maximum absolute atomic E-state index is 12.3. The number of ether oxygens (including phenoxy) is 2. The summed E-state index contributed by atoms with van der Waals surface area (Å²) < 4.78 is 11.5. The van der Waals surface area contributed by atoms with Crippen LogP contribution in [0.3, 0.4) is 0 Å². The monoisotopic (exact) mass is 380 g/mol. The molecule has 1 aliphatic heterocycles. The van der Waals surface area contributed by atoms with E-state index in [2.05, 4.69) is 10.6 Å². The highest BCUT2D eigenvalue weighted by Gasteiger charge is 2.21. The van der Waals surface area contributed by atoms with Crippen LogP contribution in [0.1, 0.15) is 35.3 Å². The summed E-state index contributed by atoms with van der Waals surface area (Å²) in [4.78, 5) is 23.8. The van der Waals surface area contributed by atoms with Gasteiger partial charge in [0.05, 0.1) is 6.61 Å². The lowest BCUT2D eigenvalue weighted by molar-refractivity contribution is -0.111. The fraction of sp³-hybridized carbons (Fsp3) is 0.273. The van der Waals surface area contributed by atoms with Gasteiger partial charge in [-0.2, -0.15) is 0 Å². The Bertz CT molecular complexity index is 903. The van der Waals surface area contributed by atoms with Gasteiger partial charge in [0.1, 0.15) is 17.6 Å². The summed E-state index contributed by atoms with van der Waals surface area (Å²) in [5, 5.41) is 5.33. The predicted octanol–water partition coefficient (Wildman–Crippen LogP) is 3.42. The van der Waals surface area contributed by atoms with Crippen LogP contribution < -0.4 is 20.1 Å². The van der Waals surface area contributed by atoms with Gasteiger partial charge in [-0.15, -0.1) is 0 Å². The van der Waals surface area contributed by atoms with Crippen molar-refractivity contribution in [3.05, 3.63) is 59.2 Å². The molecule has 0 unspecified atom stereocenters. The van der Waals surface area contributed by atoms with E-state index < -0.39 is 0 Å². The molecule has 2 amide bonds. The molecule has 1 heterocycles. The molecule has 0 aliphatic carbocycles. The van der Waals surface area contributed by atoms with Gasteiger partial charge in [0.2, 0.25) is 5.91 Å². The van der Waals surface area contributed by atoms with Gasteiger partial charge in [-0.3, -0.25) is 9.59 Å². The Labute approximate surface area is 164 Å². The van der Waals surface area contributed by atoms with Gasteiger partial charge in [-0.05, 0) is 56.3 Å². The zero-order valence-electron chi connectivity index (χ0n) is 16.2. The topological polar surface area (TPSA) is 76.7 Å². The number of benzene rings is 2. The van der Waals surface area contributed by atoms with Crippen LogP contribution in [0.25, 0.3) is 6.08 Å². The molecule has 2 aromatic carbocycles. The van der Waals surface area contributed by atoms with Crippen LogP contribution in [0.4, 0.5) is 5.69 Å². The van der Waals surface area contributed by atoms with Crippen LogP contribution in [0, 0.1) is 0 Å². The number of amides is 2. The average molecular weight is 380 g/mol. The highest BCUT2D eigenvalue weighted by atomic mass is 16.5. The number of carbonyl (C=O) groups excluding carboxylic acids is 2. The fourth-order valence-corrected chi connectivity index (χ4v) is 3.06. The Morgan fingerprint density at radius 1 is 1.25 bits per heavy atom. The molecule has 2 aromatic rings. The summed E-state index contributed by atoms with van der Waals surface area (Å²) in [5.41, 5.74) is 3.05. The fourth-order valence-electron chi connectivity index (χ4n) is 3.06. The van der Waals surface area contributed by atoms with Crippen LogP contribution in [-0.2, 0) is 11.2 Å². The molecule has 0 saturated carbocycles. The Kier molecular flexibility index (Phi) is 5.99. The van der Waals surface area contributed by atoms with Gasteiger partial charge >= 0.3 is 0 Å². The molecule has 1 aliphatic rings. The summed E-state index contributed by atoms with van der Waals surface area (Å²) in [5.74, 6) is 1.12. The Balaban J connectivity index is 1.71. The molecule has 0 fully saturated rings. The number of rotatable bonds is 6. The van der Waals surface area contributed by atoms with Crippen molar-refractivity contribution < 1.29 is 19.1 Å². The van der Waals surface area contributed by atoms with E-state index in [1.807, 2.05) is 26.0 Å². The third-order valence-electron chi connectivity index (χ3n) is 4.38. The van der Waals surface area contributed by atoms with E-state index in [0.29, 0.717) is 17.9 Å². The second-order valence-electron chi connectivity index (χ2n) is 6.54. The Morgan fingerprint density at radius 3 is 2.68 bits per heavy atom. The van der Waals surface area contributed by atoms with Crippen molar-refractivity contribution in [1.29, 1.82) is 0 Å². The smallest absolute Gasteiger partial charge is 0.251 e. The summed E-state index contributed by atoms with van der Waals surface area (Å²) in [6, 6.07) is 10.6. The minimum absolute atomic E-state index is 0.143. The van der Waals surface area contributed by atoms with Crippen molar-refractivity contribution in [3.8, 4) is 11.5 Å². The number of nitrogens with one attached hydrogen (secondary N) is 2. The quantitative estimate of drug-likeness (QED) is 0.753. The SMILES string of the molecule is CCOc1cc2c(cc1/C=C/C(=O)Nc1ccc(C(=O)NC)cc1)O[C@@H](C)C2. The third-order valence-corrected chi connectivity index (χ3v) is 4.38. The van der Waals surface area contributed by atoms with E-state index in [1.54, 1.807) is 37.4 Å². The maximum Gasteiger partial charge on any atom is 0.251 e. The molecule has 2 N–H and O–H groups in total. The summed E-state index contributed by atoms with van der Waals surface area (Å²) in [6.45, 7) is 4.49. The van der Waals surface area contributed by atoms with Gasteiger partial charge in [0, 0.05) is 41.9 Å². The minimum atomic E-state index is -0.273. The standard InChI is InChI=1S/C22H24N2O4/c1-4-27-19-13-17-11-14(2)28-20(17)12-16(19)7-10-21(25)24-18-8-5-15(6-9-18)22(26)23-3/h5-10,12-14H,4,11H2,1-3H3,(H,23,26)(H,24,25)/b10-7+/t14-/m0/s1. The van der Waals surface area contributed by atoms with Crippen molar-refractivity contribution >= 4 is 23.6 Å². The molecule has 28 heavy (non-hydrogen) atoms. The van der Waals surface area contributed by atoms with Gasteiger partial charge in [-0.1, -0.05) is 0 Å². The second kappa shape index (κ2) is 8.61. The lowest BCUT2D eigenvalue weighted by Gasteiger charge is -2.10. The molecule has 146 valence electrons. The summed E-state index contributed by atoms with van der Waals surface area (Å²) in [6.07, 6.45) is 4.16. The first-order valence-corrected chi connectivity index (χ1v) is 9.27. The van der Waals surface area contributed by atoms with Gasteiger partial charge < -0.3 is 20.1 Å². The highest BCUT2D eigenvalue weighted by Crippen LogP contribution is 2.35. The predicted molar refractivity (Wildman–Crippen MR) is 109 cm³/mol. The molecule has 3 rings (SSSR count).